The molecule has 0 aliphatic heterocycles. The Kier molecular flexibility index (Phi) is 20.5. The van der Waals surface area contributed by atoms with Gasteiger partial charge in [-0.3, -0.25) is 0 Å². The van der Waals surface area contributed by atoms with Crippen LogP contribution in [0.3, 0.4) is 0 Å². The van der Waals surface area contributed by atoms with Crippen LogP contribution in [0.5, 0.6) is 0 Å². The molecule has 0 aliphatic carbocycles. The third-order valence-corrected chi connectivity index (χ3v) is 4.92. The van der Waals surface area contributed by atoms with Crippen LogP contribution in [-0.4, -0.2) is 18.2 Å². The Balaban J connectivity index is 3.13. The van der Waals surface area contributed by atoms with Gasteiger partial charge in [0.2, 0.25) is 0 Å². The van der Waals surface area contributed by atoms with Gasteiger partial charge >= 0.3 is 0 Å². The first-order chi connectivity index (χ1) is 11.8. The fourth-order valence-electron chi connectivity index (χ4n) is 2.98. The fourth-order valence-corrected chi connectivity index (χ4v) is 3.19. The van der Waals surface area contributed by atoms with E-state index in [2.05, 4.69) is 24.5 Å². The van der Waals surface area contributed by atoms with Crippen molar-refractivity contribution in [1.82, 2.24) is 10.6 Å². The van der Waals surface area contributed by atoms with E-state index in [-0.39, 0.29) is 0 Å². The zero-order valence-electron chi connectivity index (χ0n) is 16.6. The Hall–Kier alpha value is -0.310. The quantitative estimate of drug-likeness (QED) is 0.210. The summed E-state index contributed by atoms with van der Waals surface area (Å²) in [7, 11) is 0. The first kappa shape index (κ1) is 23.7. The summed E-state index contributed by atoms with van der Waals surface area (Å²) in [5.74, 6) is 0. The molecule has 0 spiro atoms. The molecule has 0 atom stereocenters. The third-order valence-electron chi connectivity index (χ3n) is 4.63. The van der Waals surface area contributed by atoms with E-state index in [0.29, 0.717) is 0 Å². The standard InChI is InChI=1S/C21H44N2S/c1-3-5-7-9-11-13-15-17-19-22-21(24)23-20-18-16-14-12-10-8-6-4-2/h3-20H2,1-2H3,(H2,22,23,24). The van der Waals surface area contributed by atoms with Gasteiger partial charge in [0, 0.05) is 13.1 Å². The molecule has 0 bridgehead atoms. The third kappa shape index (κ3) is 19.7. The van der Waals surface area contributed by atoms with Crippen LogP contribution in [-0.2, 0) is 0 Å². The summed E-state index contributed by atoms with van der Waals surface area (Å²) < 4.78 is 0. The Morgan fingerprint density at radius 2 is 0.792 bits per heavy atom. The molecule has 0 amide bonds. The van der Waals surface area contributed by atoms with Crippen molar-refractivity contribution in [2.24, 2.45) is 0 Å². The highest BCUT2D eigenvalue weighted by Gasteiger charge is 1.96. The van der Waals surface area contributed by atoms with Crippen LogP contribution in [0.2, 0.25) is 0 Å². The van der Waals surface area contributed by atoms with Gasteiger partial charge in [0.25, 0.3) is 0 Å². The SMILES string of the molecule is CCCCCCCCCCNC(=S)NCCCCCCCCCC. The lowest BCUT2D eigenvalue weighted by molar-refractivity contribution is 0.567. The molecule has 24 heavy (non-hydrogen) atoms. The molecule has 144 valence electrons. The van der Waals surface area contributed by atoms with Crippen LogP contribution in [0, 0.1) is 0 Å². The van der Waals surface area contributed by atoms with Crippen LogP contribution in [0.1, 0.15) is 117 Å². The molecule has 0 saturated carbocycles. The highest BCUT2D eigenvalue weighted by atomic mass is 32.1. The molecule has 2 nitrogen and oxygen atoms in total. The van der Waals surface area contributed by atoms with Crippen molar-refractivity contribution in [3.05, 3.63) is 0 Å². The predicted octanol–water partition coefficient (Wildman–Crippen LogP) is 6.73. The van der Waals surface area contributed by atoms with Gasteiger partial charge in [-0.05, 0) is 25.1 Å². The molecule has 0 unspecified atom stereocenters. The number of rotatable bonds is 18. The van der Waals surface area contributed by atoms with Gasteiger partial charge in [-0.1, -0.05) is 104 Å². The fraction of sp³-hybridized carbons (Fsp3) is 0.952. The lowest BCUT2D eigenvalue weighted by atomic mass is 10.1. The van der Waals surface area contributed by atoms with E-state index in [9.17, 15) is 0 Å². The average molecular weight is 357 g/mol. The van der Waals surface area contributed by atoms with Crippen molar-refractivity contribution >= 4 is 17.3 Å². The zero-order chi connectivity index (χ0) is 17.7. The smallest absolute Gasteiger partial charge is 0.166 e. The van der Waals surface area contributed by atoms with Gasteiger partial charge < -0.3 is 10.6 Å². The zero-order valence-corrected chi connectivity index (χ0v) is 17.5. The summed E-state index contributed by atoms with van der Waals surface area (Å²) in [4.78, 5) is 0. The lowest BCUT2D eigenvalue weighted by Crippen LogP contribution is -2.36. The minimum atomic E-state index is 0.848. The molecule has 0 heterocycles. The van der Waals surface area contributed by atoms with E-state index < -0.39 is 0 Å². The van der Waals surface area contributed by atoms with Crippen LogP contribution in [0.25, 0.3) is 0 Å². The summed E-state index contributed by atoms with van der Waals surface area (Å²) >= 11 is 5.33. The van der Waals surface area contributed by atoms with Crippen LogP contribution in [0.4, 0.5) is 0 Å². The molecule has 0 fully saturated rings. The van der Waals surface area contributed by atoms with Crippen molar-refractivity contribution in [1.29, 1.82) is 0 Å². The summed E-state index contributed by atoms with van der Waals surface area (Å²) in [6, 6.07) is 0. The van der Waals surface area contributed by atoms with Crippen molar-refractivity contribution in [2.45, 2.75) is 117 Å². The second kappa shape index (κ2) is 20.7. The Morgan fingerprint density at radius 1 is 0.500 bits per heavy atom. The van der Waals surface area contributed by atoms with Gasteiger partial charge in [0.15, 0.2) is 5.11 Å². The maximum Gasteiger partial charge on any atom is 0.166 e. The highest BCUT2D eigenvalue weighted by molar-refractivity contribution is 7.80. The number of unbranched alkanes of at least 4 members (excludes halogenated alkanes) is 14. The molecule has 0 aromatic carbocycles. The Labute approximate surface area is 157 Å². The number of hydrogen-bond donors (Lipinski definition) is 2. The van der Waals surface area contributed by atoms with Crippen molar-refractivity contribution in [3.63, 3.8) is 0 Å². The second-order valence-corrected chi connectivity index (χ2v) is 7.54. The van der Waals surface area contributed by atoms with Crippen LogP contribution < -0.4 is 10.6 Å². The van der Waals surface area contributed by atoms with Gasteiger partial charge in [0.1, 0.15) is 0 Å². The van der Waals surface area contributed by atoms with Gasteiger partial charge in [-0.2, -0.15) is 0 Å². The molecular weight excluding hydrogens is 312 g/mol. The van der Waals surface area contributed by atoms with Crippen molar-refractivity contribution < 1.29 is 0 Å². The normalized spacial score (nSPS) is 10.8. The highest BCUT2D eigenvalue weighted by Crippen LogP contribution is 2.08. The first-order valence-electron chi connectivity index (χ1n) is 10.8. The van der Waals surface area contributed by atoms with Crippen molar-refractivity contribution in [3.8, 4) is 0 Å². The van der Waals surface area contributed by atoms with E-state index in [0.717, 1.165) is 18.2 Å². The second-order valence-electron chi connectivity index (χ2n) is 7.13. The minimum absolute atomic E-state index is 0.848. The molecule has 3 heteroatoms. The Morgan fingerprint density at radius 3 is 1.12 bits per heavy atom. The maximum absolute atomic E-state index is 5.33. The molecule has 2 N–H and O–H groups in total. The summed E-state index contributed by atoms with van der Waals surface area (Å²) in [5, 5.41) is 7.53. The predicted molar refractivity (Wildman–Crippen MR) is 114 cm³/mol. The number of nitrogens with one attached hydrogen (secondary N) is 2. The summed E-state index contributed by atoms with van der Waals surface area (Å²) in [5.41, 5.74) is 0. The molecule has 0 radical (unpaired) electrons. The molecule has 0 aromatic heterocycles. The van der Waals surface area contributed by atoms with Gasteiger partial charge in [-0.25, -0.2) is 0 Å². The lowest BCUT2D eigenvalue weighted by Gasteiger charge is -2.10. The van der Waals surface area contributed by atoms with E-state index in [4.69, 9.17) is 12.2 Å². The van der Waals surface area contributed by atoms with Gasteiger partial charge in [0.05, 0.1) is 0 Å². The van der Waals surface area contributed by atoms with E-state index in [1.54, 1.807) is 0 Å². The largest absolute Gasteiger partial charge is 0.363 e. The van der Waals surface area contributed by atoms with Crippen molar-refractivity contribution in [2.75, 3.05) is 13.1 Å². The van der Waals surface area contributed by atoms with E-state index in [1.807, 2.05) is 0 Å². The minimum Gasteiger partial charge on any atom is -0.363 e. The number of hydrogen-bond acceptors (Lipinski definition) is 1. The number of thiocarbonyl (C=S) groups is 1. The first-order valence-corrected chi connectivity index (χ1v) is 11.2. The maximum atomic E-state index is 5.33. The monoisotopic (exact) mass is 356 g/mol. The summed E-state index contributed by atoms with van der Waals surface area (Å²) in [6.07, 6.45) is 21.9. The molecular formula is C21H44N2S. The van der Waals surface area contributed by atoms with E-state index in [1.165, 1.54) is 103 Å². The van der Waals surface area contributed by atoms with E-state index >= 15 is 0 Å². The molecule has 0 rings (SSSR count). The topological polar surface area (TPSA) is 24.1 Å². The Bertz CT molecular complexity index is 232. The van der Waals surface area contributed by atoms with Crippen LogP contribution >= 0.6 is 12.2 Å². The average Bonchev–Trinajstić information content (AvgIpc) is 2.59. The summed E-state index contributed by atoms with van der Waals surface area (Å²) in [6.45, 7) is 6.60. The molecule has 0 aromatic rings. The van der Waals surface area contributed by atoms with Gasteiger partial charge in [-0.15, -0.1) is 0 Å². The molecule has 0 aliphatic rings. The molecule has 0 saturated heterocycles. The van der Waals surface area contributed by atoms with Crippen LogP contribution in [0.15, 0.2) is 0 Å².